The Bertz CT molecular complexity index is 1410. The monoisotopic (exact) mass is 477 g/mol. The summed E-state index contributed by atoms with van der Waals surface area (Å²) in [6.07, 6.45) is 5.43. The average Bonchev–Trinajstić information content (AvgIpc) is 3.00. The van der Waals surface area contributed by atoms with Crippen LogP contribution in [0, 0.1) is 17.0 Å². The van der Waals surface area contributed by atoms with Crippen LogP contribution in [0.2, 0.25) is 0 Å². The van der Waals surface area contributed by atoms with Crippen molar-refractivity contribution in [3.8, 4) is 5.69 Å². The lowest BCUT2D eigenvalue weighted by Crippen LogP contribution is -2.22. The number of nitrogens with zero attached hydrogens (tertiary/aromatic N) is 3. The van der Waals surface area contributed by atoms with E-state index >= 15 is 0 Å². The molecule has 8 heteroatoms. The fourth-order valence-corrected chi connectivity index (χ4v) is 6.61. The van der Waals surface area contributed by atoms with Crippen molar-refractivity contribution < 1.29 is 4.92 Å². The normalized spacial score (nSPS) is 13.6. The van der Waals surface area contributed by atoms with E-state index in [4.69, 9.17) is 4.98 Å². The summed E-state index contributed by atoms with van der Waals surface area (Å²) < 4.78 is 1.76. The molecule has 0 radical (unpaired) electrons. The van der Waals surface area contributed by atoms with E-state index in [0.717, 1.165) is 52.7 Å². The van der Waals surface area contributed by atoms with E-state index in [9.17, 15) is 14.9 Å². The number of aryl methyl sites for hydroxylation is 3. The second-order valence-corrected chi connectivity index (χ2v) is 10.3. The highest BCUT2D eigenvalue weighted by atomic mass is 32.2. The Kier molecular flexibility index (Phi) is 6.03. The number of thioether (sulfide) groups is 1. The van der Waals surface area contributed by atoms with E-state index in [1.807, 2.05) is 31.2 Å². The van der Waals surface area contributed by atoms with Gasteiger partial charge in [0.1, 0.15) is 4.83 Å². The molecular formula is C25H23N3O3S2. The lowest BCUT2D eigenvalue weighted by Gasteiger charge is -2.14. The number of nitro benzene ring substituents is 1. The second-order valence-electron chi connectivity index (χ2n) is 8.28. The standard InChI is InChI=1S/C25H23N3O3S2/c1-16-7-5-6-9-20(16)27-24(29)22-19-8-3-2-4-10-21(19)33-23(22)26-25(27)32-15-17-11-13-18(14-12-17)28(30)31/h5-7,9,11-14H,2-4,8,10,15H2,1H3. The topological polar surface area (TPSA) is 78.0 Å². The predicted octanol–water partition coefficient (Wildman–Crippen LogP) is 6.23. The summed E-state index contributed by atoms with van der Waals surface area (Å²) in [5.74, 6) is 0.562. The van der Waals surface area contributed by atoms with Gasteiger partial charge in [-0.05, 0) is 55.4 Å². The van der Waals surface area contributed by atoms with Gasteiger partial charge in [0.05, 0.1) is 16.0 Å². The van der Waals surface area contributed by atoms with Crippen LogP contribution in [-0.4, -0.2) is 14.5 Å². The second kappa shape index (κ2) is 9.11. The first kappa shape index (κ1) is 21.9. The first-order valence-electron chi connectivity index (χ1n) is 11.0. The van der Waals surface area contributed by atoms with Gasteiger partial charge in [0, 0.05) is 22.8 Å². The van der Waals surface area contributed by atoms with Crippen molar-refractivity contribution in [1.29, 1.82) is 0 Å². The average molecular weight is 478 g/mol. The molecule has 2 aromatic heterocycles. The smallest absolute Gasteiger partial charge is 0.268 e. The molecular weight excluding hydrogens is 454 g/mol. The lowest BCUT2D eigenvalue weighted by molar-refractivity contribution is -0.384. The van der Waals surface area contributed by atoms with Gasteiger partial charge in [0.2, 0.25) is 0 Å². The van der Waals surface area contributed by atoms with Crippen LogP contribution >= 0.6 is 23.1 Å². The third kappa shape index (κ3) is 4.20. The van der Waals surface area contributed by atoms with Crippen LogP contribution in [0.4, 0.5) is 5.69 Å². The Morgan fingerprint density at radius 3 is 2.61 bits per heavy atom. The highest BCUT2D eigenvalue weighted by Gasteiger charge is 2.22. The van der Waals surface area contributed by atoms with Gasteiger partial charge in [-0.2, -0.15) is 0 Å². The summed E-state index contributed by atoms with van der Waals surface area (Å²) in [4.78, 5) is 31.6. The molecule has 0 unspecified atom stereocenters. The maximum Gasteiger partial charge on any atom is 0.269 e. The maximum atomic E-state index is 13.9. The molecule has 168 valence electrons. The highest BCUT2D eigenvalue weighted by Crippen LogP contribution is 2.35. The summed E-state index contributed by atoms with van der Waals surface area (Å²) in [5.41, 5.74) is 4.06. The van der Waals surface area contributed by atoms with Gasteiger partial charge in [-0.3, -0.25) is 19.5 Å². The number of nitro groups is 1. The fraction of sp³-hybridized carbons (Fsp3) is 0.280. The molecule has 0 spiro atoms. The Hall–Kier alpha value is -2.97. The van der Waals surface area contributed by atoms with Gasteiger partial charge in [-0.25, -0.2) is 4.98 Å². The molecule has 0 amide bonds. The number of non-ortho nitro benzene ring substituents is 1. The molecule has 0 fully saturated rings. The SMILES string of the molecule is Cc1ccccc1-n1c(SCc2ccc([N+](=O)[O-])cc2)nc2sc3c(c2c1=O)CCCCC3. The largest absolute Gasteiger partial charge is 0.269 e. The minimum absolute atomic E-state index is 0.0000930. The summed E-state index contributed by atoms with van der Waals surface area (Å²) in [7, 11) is 0. The van der Waals surface area contributed by atoms with Crippen molar-refractivity contribution in [3.05, 3.63) is 90.6 Å². The summed E-state index contributed by atoms with van der Waals surface area (Å²) >= 11 is 3.15. The molecule has 6 nitrogen and oxygen atoms in total. The Morgan fingerprint density at radius 1 is 1.09 bits per heavy atom. The van der Waals surface area contributed by atoms with E-state index in [0.29, 0.717) is 10.9 Å². The molecule has 1 aliphatic carbocycles. The molecule has 0 atom stereocenters. The molecule has 0 bridgehead atoms. The first-order valence-corrected chi connectivity index (χ1v) is 12.8. The fourth-order valence-electron chi connectivity index (χ4n) is 4.35. The zero-order valence-electron chi connectivity index (χ0n) is 18.2. The highest BCUT2D eigenvalue weighted by molar-refractivity contribution is 7.98. The molecule has 5 rings (SSSR count). The van der Waals surface area contributed by atoms with Crippen molar-refractivity contribution >= 4 is 39.0 Å². The quantitative estimate of drug-likeness (QED) is 0.112. The zero-order valence-corrected chi connectivity index (χ0v) is 19.9. The minimum Gasteiger partial charge on any atom is -0.268 e. The molecule has 0 saturated carbocycles. The molecule has 2 heterocycles. The number of aromatic nitrogens is 2. The zero-order chi connectivity index (χ0) is 22.9. The maximum absolute atomic E-state index is 13.9. The number of fused-ring (bicyclic) bond motifs is 3. The van der Waals surface area contributed by atoms with Crippen LogP contribution in [0.3, 0.4) is 0 Å². The van der Waals surface area contributed by atoms with Gasteiger partial charge in [0.15, 0.2) is 5.16 Å². The number of hydrogen-bond acceptors (Lipinski definition) is 6. The first-order chi connectivity index (χ1) is 16.0. The van der Waals surface area contributed by atoms with Crippen molar-refractivity contribution in [2.24, 2.45) is 0 Å². The predicted molar refractivity (Wildman–Crippen MR) is 134 cm³/mol. The van der Waals surface area contributed by atoms with Crippen LogP contribution in [0.15, 0.2) is 58.5 Å². The van der Waals surface area contributed by atoms with Crippen molar-refractivity contribution in [2.75, 3.05) is 0 Å². The Balaban J connectivity index is 1.62. The Morgan fingerprint density at radius 2 is 1.85 bits per heavy atom. The number of hydrogen-bond donors (Lipinski definition) is 0. The Labute approximate surface area is 199 Å². The summed E-state index contributed by atoms with van der Waals surface area (Å²) in [5, 5.41) is 12.4. The molecule has 0 saturated heterocycles. The van der Waals surface area contributed by atoms with E-state index < -0.39 is 4.92 Å². The molecule has 4 aromatic rings. The van der Waals surface area contributed by atoms with Crippen LogP contribution < -0.4 is 5.56 Å². The van der Waals surface area contributed by atoms with Crippen molar-refractivity contribution in [3.63, 3.8) is 0 Å². The number of thiophene rings is 1. The van der Waals surface area contributed by atoms with Gasteiger partial charge in [-0.1, -0.05) is 48.5 Å². The number of para-hydroxylation sites is 1. The lowest BCUT2D eigenvalue weighted by atomic mass is 10.1. The van der Waals surface area contributed by atoms with E-state index in [2.05, 4.69) is 0 Å². The molecule has 0 N–H and O–H groups in total. The van der Waals surface area contributed by atoms with Gasteiger partial charge >= 0.3 is 0 Å². The third-order valence-electron chi connectivity index (χ3n) is 6.08. The molecule has 33 heavy (non-hydrogen) atoms. The van der Waals surface area contributed by atoms with Crippen LogP contribution in [0.25, 0.3) is 15.9 Å². The molecule has 2 aromatic carbocycles. The van der Waals surface area contributed by atoms with Crippen LogP contribution in [-0.2, 0) is 18.6 Å². The van der Waals surface area contributed by atoms with Crippen LogP contribution in [0.5, 0.6) is 0 Å². The number of benzene rings is 2. The van der Waals surface area contributed by atoms with Crippen LogP contribution in [0.1, 0.15) is 40.8 Å². The van der Waals surface area contributed by atoms with E-state index in [-0.39, 0.29) is 11.2 Å². The summed E-state index contributed by atoms with van der Waals surface area (Å²) in [6, 6.07) is 14.4. The van der Waals surface area contributed by atoms with Gasteiger partial charge in [-0.15, -0.1) is 11.3 Å². The van der Waals surface area contributed by atoms with E-state index in [1.165, 1.54) is 40.8 Å². The van der Waals surface area contributed by atoms with Gasteiger partial charge < -0.3 is 0 Å². The minimum atomic E-state index is -0.400. The third-order valence-corrected chi connectivity index (χ3v) is 8.28. The number of rotatable bonds is 5. The summed E-state index contributed by atoms with van der Waals surface area (Å²) in [6.45, 7) is 2.00. The van der Waals surface area contributed by atoms with Crippen molar-refractivity contribution in [2.45, 2.75) is 49.9 Å². The van der Waals surface area contributed by atoms with Crippen molar-refractivity contribution in [1.82, 2.24) is 9.55 Å². The molecule has 1 aliphatic rings. The van der Waals surface area contributed by atoms with Gasteiger partial charge in [0.25, 0.3) is 11.2 Å². The van der Waals surface area contributed by atoms with E-state index in [1.54, 1.807) is 28.0 Å². The molecule has 0 aliphatic heterocycles.